The highest BCUT2D eigenvalue weighted by Crippen LogP contribution is 2.26. The van der Waals surface area contributed by atoms with E-state index in [1.165, 1.54) is 12.1 Å². The van der Waals surface area contributed by atoms with Gasteiger partial charge in [-0.2, -0.15) is 5.26 Å². The Labute approximate surface area is 146 Å². The molecule has 3 rings (SSSR count). The summed E-state index contributed by atoms with van der Waals surface area (Å²) in [5, 5.41) is 8.70. The van der Waals surface area contributed by atoms with Gasteiger partial charge in [0.2, 0.25) is 0 Å². The van der Waals surface area contributed by atoms with E-state index in [2.05, 4.69) is 9.71 Å². The standard InChI is InChI=1S/C17H10F3N3O2S/c18-11-2-3-13(14(19)6-11)17-7-12(9-22-17)26(24,25)23-16-4-1-10(8-21)5-15(16)20/h1-7,9,22-23H. The van der Waals surface area contributed by atoms with E-state index in [0.717, 1.165) is 30.5 Å². The van der Waals surface area contributed by atoms with Crippen molar-refractivity contribution in [1.29, 1.82) is 5.26 Å². The summed E-state index contributed by atoms with van der Waals surface area (Å²) in [6, 6.07) is 9.04. The normalized spacial score (nSPS) is 11.2. The number of nitrogens with one attached hydrogen (secondary N) is 2. The Kier molecular flexibility index (Phi) is 4.44. The van der Waals surface area contributed by atoms with Gasteiger partial charge < -0.3 is 4.98 Å². The van der Waals surface area contributed by atoms with Crippen LogP contribution in [-0.4, -0.2) is 13.4 Å². The molecule has 5 nitrogen and oxygen atoms in total. The molecule has 9 heteroatoms. The van der Waals surface area contributed by atoms with Crippen molar-refractivity contribution in [2.45, 2.75) is 4.90 Å². The molecule has 0 amide bonds. The average Bonchev–Trinajstić information content (AvgIpc) is 3.07. The summed E-state index contributed by atoms with van der Waals surface area (Å²) in [5.74, 6) is -2.53. The molecule has 2 aromatic carbocycles. The van der Waals surface area contributed by atoms with Crippen molar-refractivity contribution in [2.24, 2.45) is 0 Å². The SMILES string of the molecule is N#Cc1ccc(NS(=O)(=O)c2c[nH]c(-c3ccc(F)cc3F)c2)c(F)c1. The van der Waals surface area contributed by atoms with E-state index < -0.39 is 27.5 Å². The van der Waals surface area contributed by atoms with Gasteiger partial charge in [-0.1, -0.05) is 0 Å². The summed E-state index contributed by atoms with van der Waals surface area (Å²) in [7, 11) is -4.16. The number of sulfonamides is 1. The second-order valence-electron chi connectivity index (χ2n) is 5.29. The van der Waals surface area contributed by atoms with Gasteiger partial charge in [0, 0.05) is 23.5 Å². The van der Waals surface area contributed by atoms with E-state index in [1.807, 2.05) is 0 Å². The van der Waals surface area contributed by atoms with E-state index >= 15 is 0 Å². The molecule has 0 aliphatic rings. The number of hydrogen-bond donors (Lipinski definition) is 2. The fourth-order valence-electron chi connectivity index (χ4n) is 2.26. The molecule has 0 aliphatic heterocycles. The highest BCUT2D eigenvalue weighted by Gasteiger charge is 2.19. The number of aromatic amines is 1. The maximum atomic E-state index is 13.9. The van der Waals surface area contributed by atoms with E-state index in [9.17, 15) is 21.6 Å². The average molecular weight is 377 g/mol. The Hall–Kier alpha value is -3.25. The van der Waals surface area contributed by atoms with E-state index in [4.69, 9.17) is 5.26 Å². The molecule has 0 saturated heterocycles. The topological polar surface area (TPSA) is 85.8 Å². The smallest absolute Gasteiger partial charge is 0.263 e. The molecular weight excluding hydrogens is 367 g/mol. The number of H-pyrrole nitrogens is 1. The van der Waals surface area contributed by atoms with Crippen molar-refractivity contribution in [3.05, 3.63) is 71.7 Å². The molecule has 0 saturated carbocycles. The molecule has 0 aliphatic carbocycles. The third kappa shape index (κ3) is 3.41. The van der Waals surface area contributed by atoms with Gasteiger partial charge in [-0.3, -0.25) is 4.72 Å². The van der Waals surface area contributed by atoms with Crippen molar-refractivity contribution >= 4 is 15.7 Å². The molecule has 26 heavy (non-hydrogen) atoms. The number of rotatable bonds is 4. The number of hydrogen-bond acceptors (Lipinski definition) is 3. The van der Waals surface area contributed by atoms with Gasteiger partial charge in [-0.05, 0) is 36.4 Å². The second kappa shape index (κ2) is 6.57. The van der Waals surface area contributed by atoms with Crippen LogP contribution in [0.1, 0.15) is 5.56 Å². The first-order valence-electron chi connectivity index (χ1n) is 7.16. The van der Waals surface area contributed by atoms with Gasteiger partial charge in [-0.15, -0.1) is 0 Å². The van der Waals surface area contributed by atoms with Gasteiger partial charge in [-0.25, -0.2) is 21.6 Å². The number of halogens is 3. The zero-order valence-corrected chi connectivity index (χ0v) is 13.7. The first kappa shape index (κ1) is 17.6. The Bertz CT molecular complexity index is 1130. The van der Waals surface area contributed by atoms with Gasteiger partial charge in [0.15, 0.2) is 0 Å². The van der Waals surface area contributed by atoms with Crippen LogP contribution in [0.3, 0.4) is 0 Å². The first-order chi connectivity index (χ1) is 12.3. The molecule has 1 heterocycles. The van der Waals surface area contributed by atoms with Crippen LogP contribution >= 0.6 is 0 Å². The van der Waals surface area contributed by atoms with Crippen LogP contribution in [0.5, 0.6) is 0 Å². The molecule has 2 N–H and O–H groups in total. The van der Waals surface area contributed by atoms with Crippen LogP contribution in [0, 0.1) is 28.8 Å². The van der Waals surface area contributed by atoms with Crippen LogP contribution in [0.15, 0.2) is 53.6 Å². The molecule has 0 atom stereocenters. The van der Waals surface area contributed by atoms with Crippen molar-refractivity contribution in [3.63, 3.8) is 0 Å². The van der Waals surface area contributed by atoms with E-state index in [0.29, 0.717) is 6.07 Å². The Balaban J connectivity index is 1.92. The van der Waals surface area contributed by atoms with Crippen molar-refractivity contribution in [3.8, 4) is 17.3 Å². The summed E-state index contributed by atoms with van der Waals surface area (Å²) < 4.78 is 67.5. The highest BCUT2D eigenvalue weighted by molar-refractivity contribution is 7.92. The molecule has 0 radical (unpaired) electrons. The summed E-state index contributed by atoms with van der Waals surface area (Å²) in [4.78, 5) is 2.32. The first-order valence-corrected chi connectivity index (χ1v) is 8.65. The van der Waals surface area contributed by atoms with Crippen molar-refractivity contribution in [2.75, 3.05) is 4.72 Å². The number of nitrogens with zero attached hydrogens (tertiary/aromatic N) is 1. The largest absolute Gasteiger partial charge is 0.360 e. The maximum Gasteiger partial charge on any atom is 0.263 e. The second-order valence-corrected chi connectivity index (χ2v) is 6.97. The third-order valence-corrected chi connectivity index (χ3v) is 4.88. The van der Waals surface area contributed by atoms with Crippen LogP contribution in [-0.2, 0) is 10.0 Å². The minimum absolute atomic E-state index is 0.0163. The van der Waals surface area contributed by atoms with Crippen LogP contribution in [0.4, 0.5) is 18.9 Å². The lowest BCUT2D eigenvalue weighted by Crippen LogP contribution is -2.13. The van der Waals surface area contributed by atoms with Gasteiger partial charge in [0.05, 0.1) is 17.3 Å². The summed E-state index contributed by atoms with van der Waals surface area (Å²) in [6.07, 6.45) is 1.10. The quantitative estimate of drug-likeness (QED) is 0.726. The third-order valence-electron chi connectivity index (χ3n) is 3.53. The van der Waals surface area contributed by atoms with Gasteiger partial charge >= 0.3 is 0 Å². The molecular formula is C17H10F3N3O2S. The molecule has 132 valence electrons. The fourth-order valence-corrected chi connectivity index (χ4v) is 3.32. The lowest BCUT2D eigenvalue weighted by Gasteiger charge is -2.07. The zero-order chi connectivity index (χ0) is 18.9. The predicted octanol–water partition coefficient (Wildman–Crippen LogP) is 3.77. The fraction of sp³-hybridized carbons (Fsp3) is 0. The molecule has 0 fully saturated rings. The number of nitriles is 1. The minimum Gasteiger partial charge on any atom is -0.360 e. The van der Waals surface area contributed by atoms with Crippen LogP contribution in [0.2, 0.25) is 0 Å². The Morgan fingerprint density at radius 1 is 1.00 bits per heavy atom. The molecule has 3 aromatic rings. The minimum atomic E-state index is -4.16. The summed E-state index contributed by atoms with van der Waals surface area (Å²) in [5.41, 5.74) is -0.193. The van der Waals surface area contributed by atoms with Crippen molar-refractivity contribution < 1.29 is 21.6 Å². The van der Waals surface area contributed by atoms with Crippen molar-refractivity contribution in [1.82, 2.24) is 4.98 Å². The summed E-state index contributed by atoms with van der Waals surface area (Å²) >= 11 is 0. The maximum absolute atomic E-state index is 13.9. The lowest BCUT2D eigenvalue weighted by atomic mass is 10.1. The predicted molar refractivity (Wildman–Crippen MR) is 88.1 cm³/mol. The monoisotopic (exact) mass is 377 g/mol. The zero-order valence-electron chi connectivity index (χ0n) is 12.9. The van der Waals surface area contributed by atoms with E-state index in [1.54, 1.807) is 6.07 Å². The van der Waals surface area contributed by atoms with E-state index in [-0.39, 0.29) is 27.4 Å². The number of aromatic nitrogens is 1. The molecule has 0 unspecified atom stereocenters. The molecule has 1 aromatic heterocycles. The van der Waals surface area contributed by atoms with Gasteiger partial charge in [0.1, 0.15) is 22.3 Å². The molecule has 0 spiro atoms. The highest BCUT2D eigenvalue weighted by atomic mass is 32.2. The Morgan fingerprint density at radius 2 is 1.77 bits per heavy atom. The van der Waals surface area contributed by atoms with Gasteiger partial charge in [0.25, 0.3) is 10.0 Å². The van der Waals surface area contributed by atoms with Crippen LogP contribution in [0.25, 0.3) is 11.3 Å². The summed E-state index contributed by atoms with van der Waals surface area (Å²) in [6.45, 7) is 0. The van der Waals surface area contributed by atoms with Crippen LogP contribution < -0.4 is 4.72 Å². The molecule has 0 bridgehead atoms. The Morgan fingerprint density at radius 3 is 2.42 bits per heavy atom. The lowest BCUT2D eigenvalue weighted by molar-refractivity contribution is 0.585. The number of benzene rings is 2. The number of anilines is 1.